The summed E-state index contributed by atoms with van der Waals surface area (Å²) in [5, 5.41) is 25.2. The molecule has 0 bridgehead atoms. The van der Waals surface area contributed by atoms with E-state index < -0.39 is 39.5 Å². The Morgan fingerprint density at radius 2 is 1.67 bits per heavy atom. The minimum absolute atomic E-state index is 0.00305. The van der Waals surface area contributed by atoms with Crippen LogP contribution in [0.3, 0.4) is 0 Å². The van der Waals surface area contributed by atoms with Crippen LogP contribution in [0.5, 0.6) is 0 Å². The van der Waals surface area contributed by atoms with Crippen LogP contribution < -0.4 is 5.32 Å². The number of carbonyl (C=O) groups is 3. The molecule has 3 aromatic rings. The number of nitro groups is 1. The van der Waals surface area contributed by atoms with E-state index in [1.807, 2.05) is 18.2 Å². The van der Waals surface area contributed by atoms with Crippen LogP contribution in [-0.4, -0.2) is 53.1 Å². The molecule has 0 saturated heterocycles. The first-order valence-electron chi connectivity index (χ1n) is 14.2. The number of carboxylic acids is 1. The highest BCUT2D eigenvalue weighted by atomic mass is 32.2. The maximum atomic E-state index is 14.1. The summed E-state index contributed by atoms with van der Waals surface area (Å²) in [7, 11) is 0. The van der Waals surface area contributed by atoms with E-state index in [4.69, 9.17) is 14.5 Å². The molecule has 11 nitrogen and oxygen atoms in total. The Kier molecular flexibility index (Phi) is 10.4. The Bertz CT molecular complexity index is 1670. The van der Waals surface area contributed by atoms with Crippen LogP contribution in [0.2, 0.25) is 0 Å². The summed E-state index contributed by atoms with van der Waals surface area (Å²) < 4.78 is 11.0. The fourth-order valence-electron chi connectivity index (χ4n) is 5.47. The van der Waals surface area contributed by atoms with Crippen LogP contribution in [0.15, 0.2) is 95.1 Å². The summed E-state index contributed by atoms with van der Waals surface area (Å²) in [5.74, 6) is -4.81. The van der Waals surface area contributed by atoms with Crippen molar-refractivity contribution < 1.29 is 33.9 Å². The predicted molar refractivity (Wildman–Crippen MR) is 171 cm³/mol. The van der Waals surface area contributed by atoms with E-state index in [2.05, 4.69) is 5.32 Å². The molecule has 0 amide bonds. The quantitative estimate of drug-likeness (QED) is 0.102. The monoisotopic (exact) mass is 631 g/mol. The van der Waals surface area contributed by atoms with E-state index in [1.54, 1.807) is 63.4 Å². The molecule has 1 aliphatic rings. The number of carbonyl (C=O) groups excluding carboxylic acids is 2. The molecule has 0 radical (unpaired) electrons. The normalized spacial score (nSPS) is 17.5. The summed E-state index contributed by atoms with van der Waals surface area (Å²) in [4.78, 5) is 54.6. The largest absolute Gasteiger partial charge is 0.478 e. The first-order valence-corrected chi connectivity index (χ1v) is 15.4. The molecule has 1 aliphatic heterocycles. The van der Waals surface area contributed by atoms with E-state index in [0.717, 1.165) is 0 Å². The van der Waals surface area contributed by atoms with E-state index in [-0.39, 0.29) is 41.4 Å². The van der Waals surface area contributed by atoms with Crippen molar-refractivity contribution in [1.82, 2.24) is 0 Å². The van der Waals surface area contributed by atoms with Gasteiger partial charge in [-0.15, -0.1) is 11.8 Å². The number of hydrogen-bond acceptors (Lipinski definition) is 10. The number of benzene rings is 3. The van der Waals surface area contributed by atoms with Gasteiger partial charge in [0, 0.05) is 23.8 Å². The number of aromatic carboxylic acids is 1. The number of esters is 2. The zero-order valence-corrected chi connectivity index (χ0v) is 26.0. The zero-order valence-electron chi connectivity index (χ0n) is 25.2. The molecular formula is C33H33N3O8S. The fraction of sp³-hybridized carbons (Fsp3) is 0.273. The molecule has 4 rings (SSSR count). The molecule has 12 heteroatoms. The van der Waals surface area contributed by atoms with Crippen LogP contribution in [0, 0.1) is 16.0 Å². The lowest BCUT2D eigenvalue weighted by atomic mass is 9.74. The van der Waals surface area contributed by atoms with E-state index in [1.165, 1.54) is 36.0 Å². The van der Waals surface area contributed by atoms with Gasteiger partial charge in [-0.3, -0.25) is 19.9 Å². The van der Waals surface area contributed by atoms with Gasteiger partial charge < -0.3 is 19.9 Å². The first-order chi connectivity index (χ1) is 21.6. The Balaban J connectivity index is 2.15. The third-order valence-electron chi connectivity index (χ3n) is 7.40. The van der Waals surface area contributed by atoms with Gasteiger partial charge in [-0.25, -0.2) is 9.59 Å². The molecule has 0 spiro atoms. The fourth-order valence-corrected chi connectivity index (χ4v) is 6.40. The minimum Gasteiger partial charge on any atom is -0.478 e. The molecule has 3 aromatic carbocycles. The van der Waals surface area contributed by atoms with Gasteiger partial charge in [-0.2, -0.15) is 0 Å². The van der Waals surface area contributed by atoms with Crippen LogP contribution in [-0.2, 0) is 23.9 Å². The lowest BCUT2D eigenvalue weighted by Gasteiger charge is -2.41. The lowest BCUT2D eigenvalue weighted by molar-refractivity contribution is -0.384. The molecule has 1 heterocycles. The topological polar surface area (TPSA) is 157 Å². The number of para-hydroxylation sites is 1. The second kappa shape index (κ2) is 14.2. The van der Waals surface area contributed by atoms with Crippen molar-refractivity contribution in [2.75, 3.05) is 24.8 Å². The van der Waals surface area contributed by atoms with Crippen LogP contribution in [0.25, 0.3) is 0 Å². The molecular weight excluding hydrogens is 598 g/mol. The smallest absolute Gasteiger partial charge is 0.337 e. The van der Waals surface area contributed by atoms with Crippen molar-refractivity contribution in [1.29, 1.82) is 0 Å². The van der Waals surface area contributed by atoms with Gasteiger partial charge in [0.1, 0.15) is 5.92 Å². The molecule has 234 valence electrons. The zero-order chi connectivity index (χ0) is 32.7. The summed E-state index contributed by atoms with van der Waals surface area (Å²) in [6, 6.07) is 21.1. The van der Waals surface area contributed by atoms with Gasteiger partial charge in [-0.1, -0.05) is 54.6 Å². The number of thioether (sulfide) groups is 1. The van der Waals surface area contributed by atoms with E-state index in [9.17, 15) is 29.6 Å². The van der Waals surface area contributed by atoms with Gasteiger partial charge in [-0.05, 0) is 50.3 Å². The third-order valence-corrected chi connectivity index (χ3v) is 8.55. The number of hydrogen-bond donors (Lipinski definition) is 2. The third kappa shape index (κ3) is 6.60. The summed E-state index contributed by atoms with van der Waals surface area (Å²) in [5.41, 5.74) is 1.40. The molecule has 0 fully saturated rings. The van der Waals surface area contributed by atoms with Gasteiger partial charge in [0.2, 0.25) is 0 Å². The molecule has 2 N–H and O–H groups in total. The van der Waals surface area contributed by atoms with Crippen molar-refractivity contribution in [2.24, 2.45) is 10.9 Å². The molecule has 3 atom stereocenters. The van der Waals surface area contributed by atoms with E-state index in [0.29, 0.717) is 16.8 Å². The number of carboxylic acid groups (broad SMARTS) is 1. The number of nitrogens with zero attached hydrogens (tertiary/aromatic N) is 2. The number of non-ortho nitro benzene ring substituents is 1. The number of anilines is 1. The lowest BCUT2D eigenvalue weighted by Crippen LogP contribution is -2.43. The van der Waals surface area contributed by atoms with Gasteiger partial charge in [0.15, 0.2) is 4.87 Å². The Morgan fingerprint density at radius 3 is 2.29 bits per heavy atom. The molecule has 0 aromatic heterocycles. The second-order valence-corrected chi connectivity index (χ2v) is 11.0. The van der Waals surface area contributed by atoms with Crippen LogP contribution in [0.1, 0.15) is 48.2 Å². The average molecular weight is 632 g/mol. The maximum Gasteiger partial charge on any atom is 0.337 e. The number of rotatable bonds is 12. The van der Waals surface area contributed by atoms with Crippen molar-refractivity contribution in [3.05, 3.63) is 117 Å². The van der Waals surface area contributed by atoms with Gasteiger partial charge in [0.25, 0.3) is 5.69 Å². The van der Waals surface area contributed by atoms with Gasteiger partial charge in [0.05, 0.1) is 40.7 Å². The second-order valence-electron chi connectivity index (χ2n) is 10.0. The van der Waals surface area contributed by atoms with Crippen molar-refractivity contribution >= 4 is 46.8 Å². The predicted octanol–water partition coefficient (Wildman–Crippen LogP) is 6.18. The summed E-state index contributed by atoms with van der Waals surface area (Å²) in [6.45, 7) is 4.98. The summed E-state index contributed by atoms with van der Waals surface area (Å²) >= 11 is 1.26. The van der Waals surface area contributed by atoms with Crippen molar-refractivity contribution in [2.45, 2.75) is 31.6 Å². The molecule has 45 heavy (non-hydrogen) atoms. The molecule has 3 unspecified atom stereocenters. The van der Waals surface area contributed by atoms with Gasteiger partial charge >= 0.3 is 17.9 Å². The maximum absolute atomic E-state index is 14.1. The number of nitrogens with one attached hydrogen (secondary N) is 1. The highest BCUT2D eigenvalue weighted by molar-refractivity contribution is 7.99. The molecule has 0 aliphatic carbocycles. The standard InChI is InChI=1S/C33H33N3O8S/c1-5-43-31(39)26-20(3)34-29(28(32(40)44-6-2)27(26)21-13-12-16-23(19-21)36(41)42)33(45-4,22-14-8-7-9-15-22)35-25-18-11-10-17-24(25)30(37)38/h7-19,26-27,35H,5-6H2,1-4H3,(H,37,38). The SMILES string of the molecule is CCOC(=O)C1=C(C(Nc2ccccc2C(=O)O)(SC)c2ccccc2)N=C(C)C(C(=O)OCC)C1c1cccc([N+](=O)[O-])c1. The summed E-state index contributed by atoms with van der Waals surface area (Å²) in [6.07, 6.45) is 1.78. The Morgan fingerprint density at radius 1 is 1.00 bits per heavy atom. The molecule has 0 saturated carbocycles. The minimum atomic E-state index is -1.41. The number of aliphatic imine (C=N–C) groups is 1. The number of nitro benzene ring substituents is 1. The average Bonchev–Trinajstić information content (AvgIpc) is 3.03. The Hall–Kier alpha value is -4.97. The highest BCUT2D eigenvalue weighted by Gasteiger charge is 2.49. The van der Waals surface area contributed by atoms with Crippen LogP contribution in [0.4, 0.5) is 11.4 Å². The van der Waals surface area contributed by atoms with Crippen molar-refractivity contribution in [3.63, 3.8) is 0 Å². The van der Waals surface area contributed by atoms with E-state index >= 15 is 0 Å². The van der Waals surface area contributed by atoms with Crippen LogP contribution >= 0.6 is 11.8 Å². The van der Waals surface area contributed by atoms with Crippen molar-refractivity contribution in [3.8, 4) is 0 Å². The number of ether oxygens (including phenoxy) is 2. The highest BCUT2D eigenvalue weighted by Crippen LogP contribution is 2.51. The first kappa shape index (κ1) is 32.9. The Labute approximate surface area is 264 Å².